The van der Waals surface area contributed by atoms with E-state index >= 15 is 0 Å². The molecule has 1 aromatic carbocycles. The average Bonchev–Trinajstić information content (AvgIpc) is 2.50. The Hall–Kier alpha value is -1.07. The van der Waals surface area contributed by atoms with E-state index in [-0.39, 0.29) is 5.91 Å². The highest BCUT2D eigenvalue weighted by Crippen LogP contribution is 2.21. The third kappa shape index (κ3) is 5.81. The van der Waals surface area contributed by atoms with Crippen LogP contribution in [0.25, 0.3) is 0 Å². The molecule has 2 rings (SSSR count). The topological polar surface area (TPSA) is 41.6 Å². The minimum Gasteiger partial charge on any atom is -0.492 e. The number of amides is 1. The van der Waals surface area contributed by atoms with Gasteiger partial charge in [0.05, 0.1) is 4.32 Å². The highest BCUT2D eigenvalue weighted by Gasteiger charge is 2.23. The molecule has 1 fully saturated rings. The van der Waals surface area contributed by atoms with Crippen molar-refractivity contribution >= 4 is 27.5 Å². The number of halogens is 1. The lowest BCUT2D eigenvalue weighted by Crippen LogP contribution is -2.39. The number of hydrogen-bond donors (Lipinski definition) is 1. The summed E-state index contributed by atoms with van der Waals surface area (Å²) >= 11 is 3.35. The molecule has 23 heavy (non-hydrogen) atoms. The molecular formula is C18H27BrN2O2. The summed E-state index contributed by atoms with van der Waals surface area (Å²) in [6.07, 6.45) is 3.93. The van der Waals surface area contributed by atoms with Crippen LogP contribution in [0.5, 0.6) is 5.75 Å². The molecule has 4 nitrogen and oxygen atoms in total. The molecule has 128 valence electrons. The Labute approximate surface area is 147 Å². The number of alkyl halides is 1. The van der Waals surface area contributed by atoms with E-state index in [9.17, 15) is 4.79 Å². The van der Waals surface area contributed by atoms with Crippen LogP contribution in [-0.4, -0.2) is 40.9 Å². The number of nitrogens with one attached hydrogen (secondary N) is 1. The molecule has 1 aromatic rings. The number of carbonyl (C=O) groups is 1. The highest BCUT2D eigenvalue weighted by molar-refractivity contribution is 9.10. The molecule has 5 heteroatoms. The largest absolute Gasteiger partial charge is 0.492 e. The fraction of sp³-hybridized carbons (Fsp3) is 0.611. The van der Waals surface area contributed by atoms with Crippen molar-refractivity contribution in [1.29, 1.82) is 0 Å². The maximum absolute atomic E-state index is 11.9. The predicted octanol–water partition coefficient (Wildman–Crippen LogP) is 4.05. The molecule has 1 N–H and O–H groups in total. The summed E-state index contributed by atoms with van der Waals surface area (Å²) < 4.78 is 5.24. The van der Waals surface area contributed by atoms with Crippen molar-refractivity contribution in [2.24, 2.45) is 0 Å². The van der Waals surface area contributed by atoms with Crippen LogP contribution in [0.15, 0.2) is 24.3 Å². The Kier molecular flexibility index (Phi) is 6.48. The first-order valence-corrected chi connectivity index (χ1v) is 9.13. The number of nitrogens with zero attached hydrogens (tertiary/aromatic N) is 1. The van der Waals surface area contributed by atoms with E-state index in [1.165, 1.54) is 25.8 Å². The van der Waals surface area contributed by atoms with E-state index in [1.807, 2.05) is 38.1 Å². The van der Waals surface area contributed by atoms with Gasteiger partial charge in [-0.25, -0.2) is 0 Å². The van der Waals surface area contributed by atoms with Gasteiger partial charge in [0.1, 0.15) is 12.4 Å². The van der Waals surface area contributed by atoms with Crippen molar-refractivity contribution in [2.75, 3.05) is 25.0 Å². The number of anilines is 1. The normalized spacial score (nSPS) is 19.4. The third-order valence-corrected chi connectivity index (χ3v) is 4.60. The first-order chi connectivity index (χ1) is 10.9. The molecule has 1 amide bonds. The Balaban J connectivity index is 1.77. The summed E-state index contributed by atoms with van der Waals surface area (Å²) in [6.45, 7) is 8.78. The average molecular weight is 383 g/mol. The van der Waals surface area contributed by atoms with Crippen LogP contribution < -0.4 is 10.1 Å². The molecule has 0 radical (unpaired) electrons. The zero-order valence-corrected chi connectivity index (χ0v) is 15.9. The first-order valence-electron chi connectivity index (χ1n) is 8.33. The third-order valence-electron chi connectivity index (χ3n) is 4.24. The minimum atomic E-state index is -0.576. The smallest absolute Gasteiger partial charge is 0.240 e. The molecule has 0 aromatic heterocycles. The number of likely N-dealkylation sites (tertiary alicyclic amines) is 1. The summed E-state index contributed by atoms with van der Waals surface area (Å²) in [7, 11) is 0. The van der Waals surface area contributed by atoms with Gasteiger partial charge in [-0.1, -0.05) is 22.4 Å². The van der Waals surface area contributed by atoms with Gasteiger partial charge in [-0.15, -0.1) is 0 Å². The molecule has 0 aliphatic carbocycles. The van der Waals surface area contributed by atoms with Crippen LogP contribution in [0.3, 0.4) is 0 Å². The van der Waals surface area contributed by atoms with Crippen LogP contribution in [0.1, 0.15) is 40.0 Å². The zero-order chi connectivity index (χ0) is 16.9. The Morgan fingerprint density at radius 1 is 1.35 bits per heavy atom. The number of hydrogen-bond acceptors (Lipinski definition) is 3. The van der Waals surface area contributed by atoms with Gasteiger partial charge in [-0.05, 0) is 64.4 Å². The summed E-state index contributed by atoms with van der Waals surface area (Å²) in [5.41, 5.74) is 0.777. The maximum atomic E-state index is 11.9. The van der Waals surface area contributed by atoms with Crippen LogP contribution in [0.4, 0.5) is 5.69 Å². The number of rotatable bonds is 6. The van der Waals surface area contributed by atoms with Gasteiger partial charge in [0, 0.05) is 18.3 Å². The van der Waals surface area contributed by atoms with Gasteiger partial charge < -0.3 is 10.1 Å². The van der Waals surface area contributed by atoms with Crippen LogP contribution in [0.2, 0.25) is 0 Å². The van der Waals surface area contributed by atoms with Crippen molar-refractivity contribution in [3.8, 4) is 5.75 Å². The predicted molar refractivity (Wildman–Crippen MR) is 98.5 cm³/mol. The number of benzene rings is 1. The lowest BCUT2D eigenvalue weighted by Gasteiger charge is -2.33. The fourth-order valence-corrected chi connectivity index (χ4v) is 2.78. The second-order valence-electron chi connectivity index (χ2n) is 6.68. The minimum absolute atomic E-state index is 0.0646. The molecule has 0 spiro atoms. The van der Waals surface area contributed by atoms with Gasteiger partial charge in [0.15, 0.2) is 0 Å². The second-order valence-corrected chi connectivity index (χ2v) is 8.66. The monoisotopic (exact) mass is 382 g/mol. The standard InChI is InChI=1S/C18H27BrN2O2/c1-14-6-4-5-11-21(14)12-13-23-16-9-7-15(8-10-16)20-17(22)18(2,3)19/h7-10,14H,4-6,11-13H2,1-3H3,(H,20,22)/t14-/m0/s1. The molecule has 1 aliphatic rings. The summed E-state index contributed by atoms with van der Waals surface area (Å²) in [4.78, 5) is 14.4. The molecule has 1 aliphatic heterocycles. The molecule has 0 unspecified atom stereocenters. The van der Waals surface area contributed by atoms with E-state index in [0.717, 1.165) is 18.0 Å². The van der Waals surface area contributed by atoms with Crippen molar-refractivity contribution in [3.05, 3.63) is 24.3 Å². The van der Waals surface area contributed by atoms with Crippen molar-refractivity contribution < 1.29 is 9.53 Å². The maximum Gasteiger partial charge on any atom is 0.240 e. The molecule has 1 saturated heterocycles. The zero-order valence-electron chi connectivity index (χ0n) is 14.3. The van der Waals surface area contributed by atoms with Crippen molar-refractivity contribution in [3.63, 3.8) is 0 Å². The van der Waals surface area contributed by atoms with Crippen LogP contribution >= 0.6 is 15.9 Å². The van der Waals surface area contributed by atoms with Gasteiger partial charge in [0.25, 0.3) is 0 Å². The van der Waals surface area contributed by atoms with Gasteiger partial charge in [0.2, 0.25) is 5.91 Å². The molecule has 1 heterocycles. The molecule has 0 bridgehead atoms. The van der Waals surface area contributed by atoms with E-state index in [0.29, 0.717) is 12.6 Å². The number of piperidine rings is 1. The first kappa shape index (κ1) is 18.3. The molecular weight excluding hydrogens is 356 g/mol. The SMILES string of the molecule is C[C@H]1CCCCN1CCOc1ccc(NC(=O)C(C)(C)Br)cc1. The van der Waals surface area contributed by atoms with Crippen LogP contribution in [-0.2, 0) is 4.79 Å². The second kappa shape index (κ2) is 8.15. The fourth-order valence-electron chi connectivity index (χ4n) is 2.68. The quantitative estimate of drug-likeness (QED) is 0.754. The van der Waals surface area contributed by atoms with Crippen LogP contribution in [0, 0.1) is 0 Å². The van der Waals surface area contributed by atoms with Gasteiger partial charge in [-0.2, -0.15) is 0 Å². The Morgan fingerprint density at radius 3 is 2.65 bits per heavy atom. The van der Waals surface area contributed by atoms with Crippen molar-refractivity contribution in [2.45, 2.75) is 50.4 Å². The van der Waals surface area contributed by atoms with E-state index in [2.05, 4.69) is 33.1 Å². The molecule has 0 saturated carbocycles. The Morgan fingerprint density at radius 2 is 2.04 bits per heavy atom. The van der Waals surface area contributed by atoms with Gasteiger partial charge >= 0.3 is 0 Å². The van der Waals surface area contributed by atoms with Gasteiger partial charge in [-0.3, -0.25) is 9.69 Å². The lowest BCUT2D eigenvalue weighted by atomic mass is 10.0. The lowest BCUT2D eigenvalue weighted by molar-refractivity contribution is -0.117. The molecule has 1 atom stereocenters. The number of carbonyl (C=O) groups excluding carboxylic acids is 1. The Bertz CT molecular complexity index is 511. The highest BCUT2D eigenvalue weighted by atomic mass is 79.9. The van der Waals surface area contributed by atoms with E-state index in [1.54, 1.807) is 0 Å². The summed E-state index contributed by atoms with van der Waals surface area (Å²) in [6, 6.07) is 8.20. The summed E-state index contributed by atoms with van der Waals surface area (Å²) in [5.74, 6) is 0.774. The summed E-state index contributed by atoms with van der Waals surface area (Å²) in [5, 5.41) is 2.87. The van der Waals surface area contributed by atoms with E-state index in [4.69, 9.17) is 4.74 Å². The number of ether oxygens (including phenoxy) is 1. The van der Waals surface area contributed by atoms with E-state index < -0.39 is 4.32 Å². The van der Waals surface area contributed by atoms with Crippen molar-refractivity contribution in [1.82, 2.24) is 4.90 Å².